The van der Waals surface area contributed by atoms with E-state index in [4.69, 9.17) is 47.4 Å². The molecule has 0 unspecified atom stereocenters. The Balaban J connectivity index is 1.19. The first-order valence-corrected chi connectivity index (χ1v) is 23.0. The Hall–Kier alpha value is -2.35. The van der Waals surface area contributed by atoms with Gasteiger partial charge in [-0.15, -0.1) is 0 Å². The molecular formula is C48H72O15. The number of allylic oxidation sites excluding steroid dienone is 2. The lowest BCUT2D eigenvalue weighted by Crippen LogP contribution is -2.58. The molecule has 0 aromatic rings. The van der Waals surface area contributed by atoms with Crippen molar-refractivity contribution >= 4 is 5.97 Å². The highest BCUT2D eigenvalue weighted by atomic mass is 16.7. The smallest absolute Gasteiger partial charge is 0.316 e. The average Bonchev–Trinajstić information content (AvgIpc) is 3.60. The SMILES string of the molecule is CC[C@H](C)[C@H]1O[C@]2(C=C[C@@H]1C)C[C@@H]1C[C@@H](C/C=C(\C)[C@@H](O[C@H]3C[C@H](OC)[C@@H](O[C@H]4C[C@H](OC)[C@@H](O)[C@H](C)O4)[C@H](C)O3)[C@@H](C)/C=C/C=C3\CO[C@@H]4[C@H](O)C(CO)=C[C@@H](C(=O)O1)[C@]34O)O2. The van der Waals surface area contributed by atoms with Gasteiger partial charge in [-0.1, -0.05) is 70.6 Å². The van der Waals surface area contributed by atoms with Crippen LogP contribution in [0.4, 0.5) is 0 Å². The van der Waals surface area contributed by atoms with Gasteiger partial charge in [-0.2, -0.15) is 0 Å². The lowest BCUT2D eigenvalue weighted by molar-refractivity contribution is -0.318. The van der Waals surface area contributed by atoms with E-state index in [0.717, 1.165) is 12.0 Å². The van der Waals surface area contributed by atoms with E-state index in [9.17, 15) is 25.2 Å². The Morgan fingerprint density at radius 3 is 2.35 bits per heavy atom. The number of ether oxygens (including phenoxy) is 10. The monoisotopic (exact) mass is 888 g/mol. The first-order valence-electron chi connectivity index (χ1n) is 23.0. The number of rotatable bonds is 9. The average molecular weight is 889 g/mol. The fraction of sp³-hybridized carbons (Fsp3) is 0.771. The van der Waals surface area contributed by atoms with E-state index in [-0.39, 0.29) is 42.5 Å². The molecule has 4 saturated heterocycles. The highest BCUT2D eigenvalue weighted by Gasteiger charge is 2.60. The van der Waals surface area contributed by atoms with E-state index in [2.05, 4.69) is 32.9 Å². The number of aliphatic hydroxyl groups excluding tert-OH is 3. The van der Waals surface area contributed by atoms with Gasteiger partial charge >= 0.3 is 5.97 Å². The Morgan fingerprint density at radius 1 is 0.921 bits per heavy atom. The number of hydrogen-bond donors (Lipinski definition) is 4. The lowest BCUT2D eigenvalue weighted by Gasteiger charge is -2.48. The third kappa shape index (κ3) is 10.0. The molecule has 6 aliphatic heterocycles. The molecule has 15 nitrogen and oxygen atoms in total. The lowest BCUT2D eigenvalue weighted by atomic mass is 9.70. The van der Waals surface area contributed by atoms with Gasteiger partial charge in [-0.05, 0) is 55.9 Å². The summed E-state index contributed by atoms with van der Waals surface area (Å²) in [4.78, 5) is 14.4. The molecule has 6 heterocycles. The summed E-state index contributed by atoms with van der Waals surface area (Å²) < 4.78 is 63.5. The van der Waals surface area contributed by atoms with Gasteiger partial charge in [0.05, 0.1) is 55.9 Å². The van der Waals surface area contributed by atoms with Crippen molar-refractivity contribution < 1.29 is 72.6 Å². The third-order valence-electron chi connectivity index (χ3n) is 14.6. The summed E-state index contributed by atoms with van der Waals surface area (Å²) in [5.74, 6) is -2.94. The fourth-order valence-electron chi connectivity index (χ4n) is 10.6. The molecular weight excluding hydrogens is 817 g/mol. The van der Waals surface area contributed by atoms with Gasteiger partial charge in [-0.3, -0.25) is 4.79 Å². The van der Waals surface area contributed by atoms with Crippen LogP contribution < -0.4 is 0 Å². The highest BCUT2D eigenvalue weighted by Crippen LogP contribution is 2.47. The van der Waals surface area contributed by atoms with Gasteiger partial charge in [0.15, 0.2) is 18.4 Å². The second-order valence-electron chi connectivity index (χ2n) is 18.9. The largest absolute Gasteiger partial charge is 0.462 e. The van der Waals surface area contributed by atoms with Gasteiger partial charge in [0.1, 0.15) is 42.0 Å². The van der Waals surface area contributed by atoms with Gasteiger partial charge < -0.3 is 67.8 Å². The number of carbonyl (C=O) groups excluding carboxylic acids is 1. The van der Waals surface area contributed by atoms with Crippen LogP contribution in [-0.2, 0) is 52.2 Å². The Bertz CT molecular complexity index is 1740. The number of aliphatic hydroxyl groups is 4. The predicted molar refractivity (Wildman–Crippen MR) is 229 cm³/mol. The van der Waals surface area contributed by atoms with Crippen LogP contribution in [0.1, 0.15) is 87.0 Å². The molecule has 1 spiro atoms. The molecule has 354 valence electrons. The van der Waals surface area contributed by atoms with Crippen molar-refractivity contribution in [3.05, 3.63) is 59.3 Å². The zero-order valence-corrected chi connectivity index (χ0v) is 38.4. The normalized spacial score (nSPS) is 48.6. The molecule has 7 aliphatic rings. The first kappa shape index (κ1) is 48.6. The zero-order valence-electron chi connectivity index (χ0n) is 38.4. The number of methoxy groups -OCH3 is 2. The van der Waals surface area contributed by atoms with E-state index < -0.39 is 110 Å². The van der Waals surface area contributed by atoms with Crippen LogP contribution in [0.25, 0.3) is 0 Å². The topological polar surface area (TPSA) is 190 Å². The number of fused-ring (bicyclic) bond motifs is 2. The first-order chi connectivity index (χ1) is 30.0. The van der Waals surface area contributed by atoms with Crippen molar-refractivity contribution in [2.24, 2.45) is 23.7 Å². The second-order valence-corrected chi connectivity index (χ2v) is 18.9. The van der Waals surface area contributed by atoms with E-state index >= 15 is 0 Å². The van der Waals surface area contributed by atoms with E-state index in [1.807, 2.05) is 39.0 Å². The minimum Gasteiger partial charge on any atom is -0.462 e. The van der Waals surface area contributed by atoms with Crippen LogP contribution >= 0.6 is 0 Å². The zero-order chi connectivity index (χ0) is 45.4. The van der Waals surface area contributed by atoms with Crippen molar-refractivity contribution in [3.8, 4) is 0 Å². The van der Waals surface area contributed by atoms with E-state index in [1.165, 1.54) is 6.08 Å². The van der Waals surface area contributed by atoms with Crippen LogP contribution in [0.3, 0.4) is 0 Å². The van der Waals surface area contributed by atoms with Gasteiger partial charge in [-0.25, -0.2) is 0 Å². The van der Waals surface area contributed by atoms with Crippen molar-refractivity contribution in [3.63, 3.8) is 0 Å². The van der Waals surface area contributed by atoms with Crippen molar-refractivity contribution in [2.45, 2.75) is 184 Å². The van der Waals surface area contributed by atoms with Crippen LogP contribution in [-0.4, -0.2) is 151 Å². The predicted octanol–water partition coefficient (Wildman–Crippen LogP) is 4.35. The standard InChI is InChI=1S/C48H72O15/c1-10-25(2)43-28(5)16-17-47(63-43)22-34-19-33(62-47)15-14-27(4)42(60-39-21-37(55-9)44(30(7)58-39)61-38-20-36(54-8)40(50)29(6)57-38)26(3)12-11-13-32-24-56-45-41(51)31(23-49)18-35(46(52)59-34)48(32,45)53/h11-14,16-18,25-26,28-30,33-45,49-51,53H,10,15,19-24H2,1-9H3/b12-11+,27-14+,32-13+/t25-,26-,28-,29-,30-,33+,34-,35-,36-,37-,38-,39-,40-,41+,42-,43+,44-,45+,47+,48+/m0/s1. The van der Waals surface area contributed by atoms with Gasteiger partial charge in [0.25, 0.3) is 0 Å². The van der Waals surface area contributed by atoms with Crippen molar-refractivity contribution in [1.82, 2.24) is 0 Å². The molecule has 4 fully saturated rings. The number of esters is 1. The highest BCUT2D eigenvalue weighted by molar-refractivity contribution is 5.78. The molecule has 7 rings (SSSR count). The van der Waals surface area contributed by atoms with Gasteiger partial charge in [0.2, 0.25) is 0 Å². The fourth-order valence-corrected chi connectivity index (χ4v) is 10.6. The van der Waals surface area contributed by atoms with Crippen LogP contribution in [0.5, 0.6) is 0 Å². The summed E-state index contributed by atoms with van der Waals surface area (Å²) in [6.07, 6.45) is 7.32. The van der Waals surface area contributed by atoms with Crippen molar-refractivity contribution in [2.75, 3.05) is 27.4 Å². The summed E-state index contributed by atoms with van der Waals surface area (Å²) in [7, 11) is 3.20. The Morgan fingerprint density at radius 2 is 1.63 bits per heavy atom. The maximum absolute atomic E-state index is 14.4. The molecule has 63 heavy (non-hydrogen) atoms. The van der Waals surface area contributed by atoms with Crippen LogP contribution in [0.15, 0.2) is 59.3 Å². The third-order valence-corrected chi connectivity index (χ3v) is 14.6. The minimum absolute atomic E-state index is 0.0463. The molecule has 4 N–H and O–H groups in total. The summed E-state index contributed by atoms with van der Waals surface area (Å²) in [6.45, 7) is 13.6. The van der Waals surface area contributed by atoms with Gasteiger partial charge in [0, 0.05) is 51.7 Å². The summed E-state index contributed by atoms with van der Waals surface area (Å²) >= 11 is 0. The minimum atomic E-state index is -1.95. The molecule has 0 saturated carbocycles. The quantitative estimate of drug-likeness (QED) is 0.189. The molecule has 0 amide bonds. The summed E-state index contributed by atoms with van der Waals surface area (Å²) in [5.41, 5.74) is -0.431. The molecule has 1 aliphatic carbocycles. The van der Waals surface area contributed by atoms with Crippen molar-refractivity contribution in [1.29, 1.82) is 0 Å². The maximum Gasteiger partial charge on any atom is 0.316 e. The van der Waals surface area contributed by atoms with Crippen LogP contribution in [0, 0.1) is 23.7 Å². The molecule has 0 aromatic carbocycles. The molecule has 2 bridgehead atoms. The van der Waals surface area contributed by atoms with Crippen LogP contribution in [0.2, 0.25) is 0 Å². The second kappa shape index (κ2) is 20.3. The Labute approximate surface area is 372 Å². The number of hydrogen-bond acceptors (Lipinski definition) is 15. The Kier molecular flexibility index (Phi) is 15.6. The molecule has 20 atom stereocenters. The van der Waals surface area contributed by atoms with E-state index in [0.29, 0.717) is 31.3 Å². The summed E-state index contributed by atoms with van der Waals surface area (Å²) in [5, 5.41) is 44.5. The summed E-state index contributed by atoms with van der Waals surface area (Å²) in [6, 6.07) is 0. The molecule has 0 aromatic heterocycles. The number of carbonyl (C=O) groups is 1. The maximum atomic E-state index is 14.4. The molecule has 15 heteroatoms. The molecule has 0 radical (unpaired) electrons. The van der Waals surface area contributed by atoms with E-state index in [1.54, 1.807) is 27.2 Å².